The quantitative estimate of drug-likeness (QED) is 0.583. The molecule has 1 saturated heterocycles. The summed E-state index contributed by atoms with van der Waals surface area (Å²) >= 11 is 0. The molecule has 1 rings (SSSR count). The first-order chi connectivity index (χ1) is 5.26. The van der Waals surface area contributed by atoms with Gasteiger partial charge in [0.2, 0.25) is 0 Å². The molecule has 2 atom stereocenters. The summed E-state index contributed by atoms with van der Waals surface area (Å²) in [6.07, 6.45) is 0. The van der Waals surface area contributed by atoms with Crippen molar-refractivity contribution in [2.45, 2.75) is 49.7 Å². The second kappa shape index (κ2) is 2.94. The summed E-state index contributed by atoms with van der Waals surface area (Å²) < 4.78 is 0. The minimum absolute atomic E-state index is 0.0810. The van der Waals surface area contributed by atoms with Crippen LogP contribution in [0.25, 0.3) is 0 Å². The third-order valence-electron chi connectivity index (χ3n) is 3.24. The van der Waals surface area contributed by atoms with E-state index in [9.17, 15) is 10.2 Å². The summed E-state index contributed by atoms with van der Waals surface area (Å²) in [5.41, 5.74) is -0.162. The molecule has 2 unspecified atom stereocenters. The summed E-state index contributed by atoms with van der Waals surface area (Å²) in [4.78, 5) is 0. The highest BCUT2D eigenvalue weighted by Gasteiger charge is 2.46. The molecule has 2 N–H and O–H groups in total. The average Bonchev–Trinajstić information content (AvgIpc) is 1.82. The Morgan fingerprint density at radius 3 is 1.33 bits per heavy atom. The Balaban J connectivity index is 2.76. The second-order valence-corrected chi connectivity index (χ2v) is 15.5. The Kier molecular flexibility index (Phi) is 2.55. The number of rotatable bonds is 0. The zero-order valence-electron chi connectivity index (χ0n) is 8.46. The van der Waals surface area contributed by atoms with E-state index in [0.717, 1.165) is 12.1 Å². The molecule has 0 aromatic heterocycles. The van der Waals surface area contributed by atoms with Gasteiger partial charge in [-0.05, 0) is 12.1 Å². The van der Waals surface area contributed by atoms with Crippen molar-refractivity contribution < 1.29 is 10.2 Å². The van der Waals surface area contributed by atoms with Crippen molar-refractivity contribution in [1.29, 1.82) is 0 Å². The Morgan fingerprint density at radius 2 is 1.08 bits per heavy atom. The summed E-state index contributed by atoms with van der Waals surface area (Å²) in [5, 5.41) is 19.8. The molecule has 1 heterocycles. The van der Waals surface area contributed by atoms with Gasteiger partial charge in [0.25, 0.3) is 0 Å². The summed E-state index contributed by atoms with van der Waals surface area (Å²) in [6.45, 7) is 8.68. The van der Waals surface area contributed by atoms with Crippen LogP contribution in [0.1, 0.15) is 0 Å². The van der Waals surface area contributed by atoms with Gasteiger partial charge in [0.15, 0.2) is 0 Å². The predicted octanol–water partition coefficient (Wildman–Crippen LogP) is 1.22. The largest absolute Gasteiger partial charge is 0.397 e. The Bertz CT molecular complexity index is 160. The number of hydrogen-bond acceptors (Lipinski definition) is 2. The van der Waals surface area contributed by atoms with E-state index < -0.39 is 16.1 Å². The van der Waals surface area contributed by atoms with Gasteiger partial charge in [-0.2, -0.15) is 0 Å². The molecule has 0 aromatic carbocycles. The summed E-state index contributed by atoms with van der Waals surface area (Å²) in [5.74, 6) is 0. The molecule has 0 amide bonds. The van der Waals surface area contributed by atoms with Crippen molar-refractivity contribution in [1.82, 2.24) is 0 Å². The molecule has 4 heteroatoms. The van der Waals surface area contributed by atoms with E-state index in [1.54, 1.807) is 0 Å². The van der Waals surface area contributed by atoms with E-state index >= 15 is 0 Å². The van der Waals surface area contributed by atoms with Crippen molar-refractivity contribution in [3.05, 3.63) is 0 Å². The van der Waals surface area contributed by atoms with Crippen LogP contribution >= 0.6 is 0 Å². The SMILES string of the molecule is C[Si]1(C)CC(O)[Si](C)(C)CC1O. The Hall–Kier alpha value is 0.354. The molecule has 0 bridgehead atoms. The van der Waals surface area contributed by atoms with Gasteiger partial charge >= 0.3 is 0 Å². The maximum atomic E-state index is 9.88. The van der Waals surface area contributed by atoms with E-state index in [2.05, 4.69) is 26.2 Å². The molecule has 1 aliphatic heterocycles. The van der Waals surface area contributed by atoms with Crippen molar-refractivity contribution >= 4 is 16.1 Å². The van der Waals surface area contributed by atoms with Gasteiger partial charge in [-0.15, -0.1) is 0 Å². The van der Waals surface area contributed by atoms with Crippen LogP contribution in [0.4, 0.5) is 0 Å². The molecule has 1 aliphatic rings. The number of aliphatic hydroxyl groups is 2. The highest BCUT2D eigenvalue weighted by molar-refractivity contribution is 6.88. The molecule has 0 aliphatic carbocycles. The second-order valence-electron chi connectivity index (χ2n) is 5.42. The first-order valence-corrected chi connectivity index (χ1v) is 11.2. The lowest BCUT2D eigenvalue weighted by molar-refractivity contribution is 0.219. The molecular weight excluding hydrogens is 184 g/mol. The minimum Gasteiger partial charge on any atom is -0.397 e. The van der Waals surface area contributed by atoms with Crippen LogP contribution in [-0.2, 0) is 0 Å². The molecule has 1 fully saturated rings. The van der Waals surface area contributed by atoms with E-state index in [-0.39, 0.29) is 11.5 Å². The Labute approximate surface area is 76.6 Å². The van der Waals surface area contributed by atoms with Crippen LogP contribution in [0.2, 0.25) is 38.3 Å². The van der Waals surface area contributed by atoms with E-state index in [1.807, 2.05) is 0 Å². The minimum atomic E-state index is -1.51. The van der Waals surface area contributed by atoms with Crippen molar-refractivity contribution in [2.24, 2.45) is 0 Å². The molecule has 0 spiro atoms. The van der Waals surface area contributed by atoms with Gasteiger partial charge in [-0.1, -0.05) is 26.2 Å². The van der Waals surface area contributed by atoms with Gasteiger partial charge in [0, 0.05) is 11.5 Å². The Morgan fingerprint density at radius 1 is 0.833 bits per heavy atom. The first kappa shape index (κ1) is 10.4. The average molecular weight is 204 g/mol. The zero-order valence-corrected chi connectivity index (χ0v) is 10.5. The van der Waals surface area contributed by atoms with Crippen LogP contribution in [0.3, 0.4) is 0 Å². The topological polar surface area (TPSA) is 40.5 Å². The van der Waals surface area contributed by atoms with Gasteiger partial charge in [-0.3, -0.25) is 0 Å². The van der Waals surface area contributed by atoms with E-state index in [4.69, 9.17) is 0 Å². The normalized spacial score (nSPS) is 39.5. The molecule has 72 valence electrons. The van der Waals surface area contributed by atoms with Crippen LogP contribution < -0.4 is 0 Å². The predicted molar refractivity (Wildman–Crippen MR) is 56.6 cm³/mol. The molecule has 12 heavy (non-hydrogen) atoms. The van der Waals surface area contributed by atoms with Crippen LogP contribution in [0, 0.1) is 0 Å². The zero-order chi connectivity index (χ0) is 9.57. The van der Waals surface area contributed by atoms with Crippen LogP contribution in [0.15, 0.2) is 0 Å². The van der Waals surface area contributed by atoms with E-state index in [1.165, 1.54) is 0 Å². The fraction of sp³-hybridized carbons (Fsp3) is 1.00. The van der Waals surface area contributed by atoms with Crippen LogP contribution in [0.5, 0.6) is 0 Å². The number of aliphatic hydroxyl groups excluding tert-OH is 2. The van der Waals surface area contributed by atoms with Gasteiger partial charge in [0.1, 0.15) is 0 Å². The van der Waals surface area contributed by atoms with Crippen molar-refractivity contribution in [2.75, 3.05) is 0 Å². The third kappa shape index (κ3) is 1.81. The molecule has 0 saturated carbocycles. The molecule has 0 radical (unpaired) electrons. The lowest BCUT2D eigenvalue weighted by Crippen LogP contribution is -2.59. The summed E-state index contributed by atoms with van der Waals surface area (Å²) in [6, 6.07) is 1.79. The molecular formula is C8H20O2Si2. The maximum absolute atomic E-state index is 9.88. The van der Waals surface area contributed by atoms with Gasteiger partial charge in [-0.25, -0.2) is 0 Å². The highest BCUT2D eigenvalue weighted by atomic mass is 28.3. The monoisotopic (exact) mass is 204 g/mol. The van der Waals surface area contributed by atoms with Crippen LogP contribution in [-0.4, -0.2) is 37.8 Å². The van der Waals surface area contributed by atoms with Gasteiger partial charge in [0.05, 0.1) is 16.1 Å². The fourth-order valence-electron chi connectivity index (χ4n) is 1.82. The van der Waals surface area contributed by atoms with Crippen molar-refractivity contribution in [3.8, 4) is 0 Å². The third-order valence-corrected chi connectivity index (χ3v) is 11.0. The standard InChI is InChI=1S/C8H20O2Si2/c1-11(2)5-8(10)12(3,4)6-7(11)9/h7-10H,5-6H2,1-4H3. The lowest BCUT2D eigenvalue weighted by atomic mass is 10.8. The van der Waals surface area contributed by atoms with E-state index in [0.29, 0.717) is 0 Å². The van der Waals surface area contributed by atoms with Gasteiger partial charge < -0.3 is 10.2 Å². The smallest absolute Gasteiger partial charge is 0.0830 e. The molecule has 2 nitrogen and oxygen atoms in total. The summed E-state index contributed by atoms with van der Waals surface area (Å²) in [7, 11) is -3.01. The fourth-order valence-corrected chi connectivity index (χ4v) is 11.9. The maximum Gasteiger partial charge on any atom is 0.0830 e. The van der Waals surface area contributed by atoms with Crippen molar-refractivity contribution in [3.63, 3.8) is 0 Å². The number of hydrogen-bond donors (Lipinski definition) is 2. The molecule has 0 aromatic rings. The first-order valence-electron chi connectivity index (χ1n) is 4.62. The highest BCUT2D eigenvalue weighted by Crippen LogP contribution is 2.34. The lowest BCUT2D eigenvalue weighted by Gasteiger charge is -2.44.